The number of aliphatic hydroxyl groups is 1. The normalized spacial score (nSPS) is 12.4. The summed E-state index contributed by atoms with van der Waals surface area (Å²) in [5.41, 5.74) is 5.36. The first-order chi connectivity index (χ1) is 23.1. The molecule has 0 heterocycles. The van der Waals surface area contributed by atoms with Gasteiger partial charge in [-0.05, 0) is 97.8 Å². The van der Waals surface area contributed by atoms with Crippen LogP contribution < -0.4 is 10.1 Å². The highest BCUT2D eigenvalue weighted by Crippen LogP contribution is 2.35. The lowest BCUT2D eigenvalue weighted by Gasteiger charge is -2.13. The maximum atomic E-state index is 9.86. The Kier molecular flexibility index (Phi) is 12.2. The van der Waals surface area contributed by atoms with Crippen LogP contribution in [0.2, 0.25) is 0 Å². The lowest BCUT2D eigenvalue weighted by Crippen LogP contribution is -2.20. The Morgan fingerprint density at radius 3 is 1.55 bits per heavy atom. The van der Waals surface area contributed by atoms with Crippen LogP contribution in [0.5, 0.6) is 5.75 Å². The van der Waals surface area contributed by atoms with Crippen molar-refractivity contribution in [1.82, 2.24) is 0 Å². The molecule has 10 heteroatoms. The monoisotopic (exact) mass is 629 g/mol. The van der Waals surface area contributed by atoms with E-state index in [1.54, 1.807) is 24.3 Å². The number of fused-ring (bicyclic) bond motifs is 1. The van der Waals surface area contributed by atoms with Gasteiger partial charge in [-0.2, -0.15) is 20.5 Å². The number of aliphatic hydroxyl groups excluding tert-OH is 1. The quantitative estimate of drug-likeness (QED) is 0.0639. The number of benzene rings is 5. The number of ether oxygens (including phenoxy) is 2. The molecule has 0 radical (unpaired) electrons. The minimum absolute atomic E-state index is 0.437. The number of hydrogen-bond acceptors (Lipinski definition) is 10. The van der Waals surface area contributed by atoms with Crippen molar-refractivity contribution < 1.29 is 14.6 Å². The van der Waals surface area contributed by atoms with E-state index in [1.807, 2.05) is 84.9 Å². The molecule has 0 aliphatic heterocycles. The molecule has 10 nitrogen and oxygen atoms in total. The molecule has 1 unspecified atom stereocenters. The maximum Gasteiger partial charge on any atom is 0.313 e. The lowest BCUT2D eigenvalue weighted by atomic mass is 10.1. The third-order valence-electron chi connectivity index (χ3n) is 7.11. The highest BCUT2D eigenvalue weighted by atomic mass is 16.8. The van der Waals surface area contributed by atoms with Gasteiger partial charge >= 0.3 is 6.48 Å². The van der Waals surface area contributed by atoms with Crippen LogP contribution in [0, 0.1) is 0 Å². The summed E-state index contributed by atoms with van der Waals surface area (Å²) >= 11 is 0. The van der Waals surface area contributed by atoms with Gasteiger partial charge in [0.2, 0.25) is 0 Å². The summed E-state index contributed by atoms with van der Waals surface area (Å²) in [5, 5.41) is 41.6. The molecule has 0 aliphatic rings. The fourth-order valence-corrected chi connectivity index (χ4v) is 4.49. The first-order valence-electron chi connectivity index (χ1n) is 15.9. The maximum absolute atomic E-state index is 9.86. The molecular formula is C37H39N7O3. The molecule has 0 saturated carbocycles. The zero-order valence-corrected chi connectivity index (χ0v) is 26.7. The number of rotatable bonds is 16. The second-order valence-electron chi connectivity index (χ2n) is 10.7. The summed E-state index contributed by atoms with van der Waals surface area (Å²) < 4.78 is 10.6. The van der Waals surface area contributed by atoms with Crippen molar-refractivity contribution in [3.05, 3.63) is 109 Å². The smallest absolute Gasteiger partial charge is 0.313 e. The van der Waals surface area contributed by atoms with E-state index in [0.717, 1.165) is 65.8 Å². The van der Waals surface area contributed by atoms with Crippen molar-refractivity contribution in [2.75, 3.05) is 18.5 Å². The summed E-state index contributed by atoms with van der Waals surface area (Å²) in [6, 6.07) is 34.0. The van der Waals surface area contributed by atoms with Crippen LogP contribution in [0.15, 0.2) is 140 Å². The zero-order chi connectivity index (χ0) is 32.7. The fourth-order valence-electron chi connectivity index (χ4n) is 4.49. The first kappa shape index (κ1) is 33.1. The Morgan fingerprint density at radius 1 is 0.574 bits per heavy atom. The number of azo groups is 3. The predicted molar refractivity (Wildman–Crippen MR) is 187 cm³/mol. The van der Waals surface area contributed by atoms with E-state index in [1.165, 1.54) is 0 Å². The number of hydrogen-bond donors (Lipinski definition) is 2. The molecule has 240 valence electrons. The molecule has 2 N–H and O–H groups in total. The van der Waals surface area contributed by atoms with Crippen LogP contribution in [-0.2, 0) is 4.74 Å². The van der Waals surface area contributed by atoms with Crippen molar-refractivity contribution >= 4 is 50.6 Å². The topological polar surface area (TPSA) is 125 Å². The Morgan fingerprint density at radius 2 is 1.04 bits per heavy atom. The number of anilines is 1. The second kappa shape index (κ2) is 17.4. The van der Waals surface area contributed by atoms with Gasteiger partial charge in [-0.1, -0.05) is 51.0 Å². The molecule has 0 saturated heterocycles. The van der Waals surface area contributed by atoms with Crippen molar-refractivity contribution in [1.29, 1.82) is 0 Å². The van der Waals surface area contributed by atoms with E-state index >= 15 is 0 Å². The molecule has 0 aliphatic carbocycles. The number of nitrogens with zero attached hydrogens (tertiary/aromatic N) is 6. The summed E-state index contributed by atoms with van der Waals surface area (Å²) in [6.45, 7) is 4.33. The van der Waals surface area contributed by atoms with Gasteiger partial charge < -0.3 is 19.9 Å². The molecule has 0 aromatic heterocycles. The highest BCUT2D eigenvalue weighted by molar-refractivity contribution is 5.99. The Labute approximate surface area is 274 Å². The molecule has 5 rings (SSSR count). The summed E-state index contributed by atoms with van der Waals surface area (Å²) in [7, 11) is 0. The van der Waals surface area contributed by atoms with E-state index < -0.39 is 6.48 Å². The van der Waals surface area contributed by atoms with Crippen molar-refractivity contribution in [2.24, 2.45) is 30.7 Å². The van der Waals surface area contributed by atoms with E-state index in [2.05, 4.69) is 49.8 Å². The molecule has 0 bridgehead atoms. The van der Waals surface area contributed by atoms with Crippen LogP contribution in [0.4, 0.5) is 39.8 Å². The van der Waals surface area contributed by atoms with Gasteiger partial charge in [0.1, 0.15) is 5.75 Å². The predicted octanol–water partition coefficient (Wildman–Crippen LogP) is 11.8. The van der Waals surface area contributed by atoms with Crippen LogP contribution >= 0.6 is 0 Å². The highest BCUT2D eigenvalue weighted by Gasteiger charge is 2.07. The molecule has 1 atom stereocenters. The van der Waals surface area contributed by atoms with Crippen molar-refractivity contribution in [3.8, 4) is 5.75 Å². The third-order valence-corrected chi connectivity index (χ3v) is 7.11. The molecule has 5 aromatic carbocycles. The van der Waals surface area contributed by atoms with Crippen LogP contribution in [0.1, 0.15) is 39.5 Å². The summed E-state index contributed by atoms with van der Waals surface area (Å²) in [5.74, 6) is 0.476. The average molecular weight is 630 g/mol. The molecule has 5 aromatic rings. The van der Waals surface area contributed by atoms with Gasteiger partial charge in [-0.3, -0.25) is 0 Å². The van der Waals surface area contributed by atoms with E-state index in [9.17, 15) is 5.11 Å². The van der Waals surface area contributed by atoms with Crippen molar-refractivity contribution in [3.63, 3.8) is 0 Å². The standard InChI is InChI=1S/C37H39N7O3/c1-3-5-25-38-27-11-13-28(14-12-27)39-40-29-15-17-30(18-16-29)41-43-35-23-24-36(34-10-8-7-9-33(34)35)44-42-31-19-21-32(22-20-31)47-37(45)46-26-6-4-2/h7-24,37-38,45H,3-6,25-26H2,1-2H3/b40-39-,43-41-,44-42?. The molecule has 47 heavy (non-hydrogen) atoms. The minimum Gasteiger partial charge on any atom is -0.441 e. The van der Waals surface area contributed by atoms with Crippen LogP contribution in [-0.4, -0.2) is 24.7 Å². The first-order valence-corrected chi connectivity index (χ1v) is 15.9. The van der Waals surface area contributed by atoms with Gasteiger partial charge in [-0.15, -0.1) is 10.2 Å². The Hall–Kier alpha value is -5.32. The van der Waals surface area contributed by atoms with E-state index in [-0.39, 0.29) is 0 Å². The van der Waals surface area contributed by atoms with Gasteiger partial charge in [0.25, 0.3) is 0 Å². The fraction of sp³-hybridized carbons (Fsp3) is 0.243. The Balaban J connectivity index is 1.21. The van der Waals surface area contributed by atoms with Crippen molar-refractivity contribution in [2.45, 2.75) is 46.0 Å². The minimum atomic E-state index is -1.31. The SMILES string of the molecule is CCCCNc1ccc(/N=N\c2ccc(/N=N\c3ccc(N=Nc4ccc(OC(O)OCCCC)cc4)c4ccccc34)cc2)cc1. The van der Waals surface area contributed by atoms with Gasteiger partial charge in [0.05, 0.1) is 40.7 Å². The number of nitrogens with one attached hydrogen (secondary N) is 1. The van der Waals surface area contributed by atoms with Gasteiger partial charge in [0.15, 0.2) is 0 Å². The molecule has 0 amide bonds. The average Bonchev–Trinajstić information content (AvgIpc) is 3.11. The van der Waals surface area contributed by atoms with Crippen LogP contribution in [0.25, 0.3) is 10.8 Å². The molecule has 0 fully saturated rings. The molecule has 0 spiro atoms. The summed E-state index contributed by atoms with van der Waals surface area (Å²) in [4.78, 5) is 0. The van der Waals surface area contributed by atoms with E-state index in [0.29, 0.717) is 29.4 Å². The Bertz CT molecular complexity index is 1790. The van der Waals surface area contributed by atoms with Crippen LogP contribution in [0.3, 0.4) is 0 Å². The van der Waals surface area contributed by atoms with Gasteiger partial charge in [0, 0.05) is 23.0 Å². The lowest BCUT2D eigenvalue weighted by molar-refractivity contribution is -0.216. The third kappa shape index (κ3) is 10.1. The largest absolute Gasteiger partial charge is 0.441 e. The summed E-state index contributed by atoms with van der Waals surface area (Å²) in [6.07, 6.45) is 4.14. The molecular weight excluding hydrogens is 590 g/mol. The number of unbranched alkanes of at least 4 members (excludes halogenated alkanes) is 2. The second-order valence-corrected chi connectivity index (χ2v) is 10.7. The van der Waals surface area contributed by atoms with E-state index in [4.69, 9.17) is 9.47 Å². The van der Waals surface area contributed by atoms with Gasteiger partial charge in [-0.25, -0.2) is 0 Å². The zero-order valence-electron chi connectivity index (χ0n) is 26.7.